The molecular weight excluding hydrogens is 476 g/mol. The number of fused-ring (bicyclic) bond motifs is 5. The van der Waals surface area contributed by atoms with Crippen molar-refractivity contribution in [2.45, 2.75) is 83.4 Å². The average Bonchev–Trinajstić information content (AvgIpc) is 3.24. The predicted molar refractivity (Wildman–Crippen MR) is 145 cm³/mol. The minimum Gasteiger partial charge on any atom is -0.508 e. The van der Waals surface area contributed by atoms with Gasteiger partial charge in [0.1, 0.15) is 11.9 Å². The zero-order valence-electron chi connectivity index (χ0n) is 22.5. The van der Waals surface area contributed by atoms with Crippen LogP contribution in [-0.4, -0.2) is 29.3 Å². The summed E-state index contributed by atoms with van der Waals surface area (Å²) < 4.78 is 6.25. The number of hydrogen-bond acceptors (Lipinski definition) is 4. The lowest BCUT2D eigenvalue weighted by Gasteiger charge is -2.60. The summed E-state index contributed by atoms with van der Waals surface area (Å²) in [6.45, 7) is 4.77. The molecule has 6 heteroatoms. The van der Waals surface area contributed by atoms with Crippen LogP contribution in [0.25, 0.3) is 0 Å². The third kappa shape index (κ3) is 4.26. The van der Waals surface area contributed by atoms with E-state index in [9.17, 15) is 14.7 Å². The number of nitrogens with one attached hydrogen (secondary N) is 2. The Morgan fingerprint density at radius 1 is 0.921 bits per heavy atom. The molecule has 0 radical (unpaired) electrons. The number of phenolic OH excluding ortho intramolecular Hbond substituents is 1. The average molecular weight is 517 g/mol. The van der Waals surface area contributed by atoms with E-state index >= 15 is 0 Å². The minimum absolute atomic E-state index is 0.0135. The van der Waals surface area contributed by atoms with Gasteiger partial charge < -0.3 is 20.5 Å². The van der Waals surface area contributed by atoms with Crippen LogP contribution in [0.5, 0.6) is 5.75 Å². The lowest BCUT2D eigenvalue weighted by Crippen LogP contribution is -2.61. The first-order valence-corrected chi connectivity index (χ1v) is 14.4. The number of ether oxygens (including phenoxy) is 1. The van der Waals surface area contributed by atoms with Gasteiger partial charge in [-0.15, -0.1) is 0 Å². The largest absolute Gasteiger partial charge is 0.508 e. The highest BCUT2D eigenvalue weighted by Crippen LogP contribution is 2.64. The van der Waals surface area contributed by atoms with Gasteiger partial charge in [-0.2, -0.15) is 0 Å². The zero-order valence-corrected chi connectivity index (χ0v) is 22.5. The molecule has 1 saturated heterocycles. The van der Waals surface area contributed by atoms with E-state index in [0.717, 1.165) is 56.1 Å². The van der Waals surface area contributed by atoms with Gasteiger partial charge in [-0.25, -0.2) is 4.79 Å². The van der Waals surface area contributed by atoms with Crippen molar-refractivity contribution < 1.29 is 19.4 Å². The Morgan fingerprint density at radius 2 is 1.63 bits per heavy atom. The molecule has 2 amide bonds. The molecule has 38 heavy (non-hydrogen) atoms. The van der Waals surface area contributed by atoms with E-state index in [4.69, 9.17) is 4.74 Å². The van der Waals surface area contributed by atoms with Crippen molar-refractivity contribution in [2.24, 2.45) is 28.6 Å². The van der Waals surface area contributed by atoms with Crippen LogP contribution in [0, 0.1) is 28.6 Å². The maximum absolute atomic E-state index is 13.4. The highest BCUT2D eigenvalue weighted by molar-refractivity contribution is 5.77. The Morgan fingerprint density at radius 3 is 2.39 bits per heavy atom. The lowest BCUT2D eigenvalue weighted by atomic mass is 9.47. The number of benzene rings is 2. The van der Waals surface area contributed by atoms with Crippen LogP contribution in [0.3, 0.4) is 0 Å². The number of carbonyl (C=O) groups excluding carboxylic acids is 2. The summed E-state index contributed by atoms with van der Waals surface area (Å²) in [5, 5.41) is 16.2. The number of aromatic hydroxyl groups is 1. The summed E-state index contributed by atoms with van der Waals surface area (Å²) in [6.07, 6.45) is 7.59. The monoisotopic (exact) mass is 516 g/mol. The van der Waals surface area contributed by atoms with Gasteiger partial charge in [0.15, 0.2) is 0 Å². The van der Waals surface area contributed by atoms with E-state index in [1.54, 1.807) is 12.1 Å². The summed E-state index contributed by atoms with van der Waals surface area (Å²) in [7, 11) is 0. The molecule has 1 heterocycles. The second kappa shape index (κ2) is 9.62. The molecule has 6 nitrogen and oxygen atoms in total. The Bertz CT molecular complexity index is 1180. The van der Waals surface area contributed by atoms with Gasteiger partial charge >= 0.3 is 6.09 Å². The lowest BCUT2D eigenvalue weighted by molar-refractivity contribution is -0.138. The van der Waals surface area contributed by atoms with E-state index in [-0.39, 0.29) is 40.7 Å². The van der Waals surface area contributed by atoms with Crippen LogP contribution in [0.4, 0.5) is 4.79 Å². The number of carbonyl (C=O) groups is 2. The Labute approximate surface area is 225 Å². The number of amides is 2. The molecule has 2 aromatic carbocycles. The summed E-state index contributed by atoms with van der Waals surface area (Å²) >= 11 is 0. The van der Waals surface area contributed by atoms with Crippen LogP contribution in [0.15, 0.2) is 54.6 Å². The van der Waals surface area contributed by atoms with E-state index in [1.165, 1.54) is 0 Å². The van der Waals surface area contributed by atoms with Crippen LogP contribution < -0.4 is 10.6 Å². The van der Waals surface area contributed by atoms with Crippen LogP contribution in [-0.2, 0) is 9.53 Å². The smallest absolute Gasteiger partial charge is 0.408 e. The quantitative estimate of drug-likeness (QED) is 0.458. The molecule has 1 aliphatic heterocycles. The van der Waals surface area contributed by atoms with Gasteiger partial charge in [0.2, 0.25) is 5.91 Å². The second-order valence-corrected chi connectivity index (χ2v) is 12.7. The van der Waals surface area contributed by atoms with Crippen molar-refractivity contribution in [1.82, 2.24) is 10.6 Å². The SMILES string of the molecule is C[C@]12CCC(=O)N[C@@H]1CC[C@@H]1[C@@H]2CC[C@]2(C)[C@@H](OC(=O)NC(c3ccccc3)c3ccc(O)cc3)CC[C@@H]12. The topological polar surface area (TPSA) is 87.7 Å². The van der Waals surface area contributed by atoms with Crippen molar-refractivity contribution in [2.75, 3.05) is 0 Å². The zero-order chi connectivity index (χ0) is 26.5. The van der Waals surface area contributed by atoms with Crippen LogP contribution >= 0.6 is 0 Å². The second-order valence-electron chi connectivity index (χ2n) is 12.7. The first kappa shape index (κ1) is 25.3. The van der Waals surface area contributed by atoms with E-state index in [0.29, 0.717) is 30.2 Å². The van der Waals surface area contributed by atoms with Gasteiger partial charge in [0, 0.05) is 17.9 Å². The van der Waals surface area contributed by atoms with E-state index in [1.807, 2.05) is 42.5 Å². The molecular formula is C32H40N2O4. The third-order valence-electron chi connectivity index (χ3n) is 10.9. The maximum Gasteiger partial charge on any atom is 0.408 e. The fourth-order valence-corrected chi connectivity index (χ4v) is 8.80. The number of alkyl carbamates (subject to hydrolysis) is 1. The van der Waals surface area contributed by atoms with Crippen molar-refractivity contribution in [3.05, 3.63) is 65.7 Å². The minimum atomic E-state index is -0.383. The highest BCUT2D eigenvalue weighted by Gasteiger charge is 2.61. The summed E-state index contributed by atoms with van der Waals surface area (Å²) in [5.74, 6) is 2.23. The molecule has 0 bridgehead atoms. The molecule has 8 atom stereocenters. The number of hydrogen-bond donors (Lipinski definition) is 3. The van der Waals surface area contributed by atoms with Gasteiger partial charge in [-0.1, -0.05) is 56.3 Å². The van der Waals surface area contributed by atoms with Gasteiger partial charge in [-0.3, -0.25) is 4.79 Å². The first-order valence-electron chi connectivity index (χ1n) is 14.4. The number of piperidine rings is 1. The molecule has 3 aliphatic carbocycles. The molecule has 3 N–H and O–H groups in total. The van der Waals surface area contributed by atoms with Crippen LogP contribution in [0.2, 0.25) is 0 Å². The van der Waals surface area contributed by atoms with Crippen molar-refractivity contribution in [3.63, 3.8) is 0 Å². The molecule has 4 fully saturated rings. The normalized spacial score (nSPS) is 36.7. The number of phenols is 1. The van der Waals surface area contributed by atoms with E-state index < -0.39 is 0 Å². The van der Waals surface area contributed by atoms with Crippen molar-refractivity contribution in [3.8, 4) is 5.75 Å². The summed E-state index contributed by atoms with van der Waals surface area (Å²) in [5.41, 5.74) is 2.03. The standard InChI is InChI=1S/C32H40N2O4/c1-31-19-17-28(36)33-26(31)14-12-23-24-13-15-27(32(24,2)18-16-25(23)31)38-30(37)34-29(20-6-4-3-5-7-20)21-8-10-22(35)11-9-21/h3-11,23-27,29,35H,12-19H2,1-2H3,(H,33,36)(H,34,37)/t23-,24-,25-,26+,27-,29?,31+,32-/m0/s1. The van der Waals surface area contributed by atoms with Crippen molar-refractivity contribution >= 4 is 12.0 Å². The molecule has 2 aromatic rings. The van der Waals surface area contributed by atoms with Crippen molar-refractivity contribution in [1.29, 1.82) is 0 Å². The van der Waals surface area contributed by atoms with Gasteiger partial charge in [-0.05, 0) is 91.4 Å². The molecule has 202 valence electrons. The highest BCUT2D eigenvalue weighted by atomic mass is 16.6. The molecule has 6 rings (SSSR count). The molecule has 1 unspecified atom stereocenters. The number of rotatable bonds is 4. The fourth-order valence-electron chi connectivity index (χ4n) is 8.80. The van der Waals surface area contributed by atoms with Crippen LogP contribution in [0.1, 0.15) is 82.4 Å². The summed E-state index contributed by atoms with van der Waals surface area (Å²) in [6, 6.07) is 16.8. The first-order chi connectivity index (χ1) is 18.3. The fraction of sp³-hybridized carbons (Fsp3) is 0.562. The maximum atomic E-state index is 13.4. The molecule has 0 spiro atoms. The molecule has 3 saturated carbocycles. The third-order valence-corrected chi connectivity index (χ3v) is 10.9. The molecule has 4 aliphatic rings. The predicted octanol–water partition coefficient (Wildman–Crippen LogP) is 6.10. The van der Waals surface area contributed by atoms with Gasteiger partial charge in [0.05, 0.1) is 6.04 Å². The van der Waals surface area contributed by atoms with E-state index in [2.05, 4.69) is 24.5 Å². The summed E-state index contributed by atoms with van der Waals surface area (Å²) in [4.78, 5) is 25.5. The van der Waals surface area contributed by atoms with Gasteiger partial charge in [0.25, 0.3) is 0 Å². The Balaban J connectivity index is 1.17. The Hall–Kier alpha value is -3.02. The molecule has 0 aromatic heterocycles. The Kier molecular flexibility index (Phi) is 6.40.